The molecule has 2 saturated heterocycles. The number of benzene rings is 1. The van der Waals surface area contributed by atoms with Crippen molar-refractivity contribution in [2.24, 2.45) is 17.8 Å². The molecule has 3 aliphatic rings. The maximum Gasteiger partial charge on any atom is 0.161 e. The van der Waals surface area contributed by atoms with Crippen LogP contribution in [0.3, 0.4) is 0 Å². The molecule has 0 spiro atoms. The summed E-state index contributed by atoms with van der Waals surface area (Å²) in [6, 6.07) is 2.63. The van der Waals surface area contributed by atoms with Gasteiger partial charge in [-0.05, 0) is 54.9 Å². The maximum absolute atomic E-state index is 13.4. The Balaban J connectivity index is 1.32. The molecule has 3 nitrogen and oxygen atoms in total. The van der Waals surface area contributed by atoms with Crippen molar-refractivity contribution in [2.75, 3.05) is 19.8 Å². The number of rotatable bonds is 2. The summed E-state index contributed by atoms with van der Waals surface area (Å²) in [6.07, 6.45) is 3.56. The SMILES string of the molecule is CC1CCC(C2COC(C3Cc4cc(F)c(F)cc4C3)OC2)OC1. The molecule has 0 radical (unpaired) electrons. The van der Waals surface area contributed by atoms with Crippen LogP contribution >= 0.6 is 0 Å². The minimum absolute atomic E-state index is 0.134. The van der Waals surface area contributed by atoms with Gasteiger partial charge in [0.25, 0.3) is 0 Å². The van der Waals surface area contributed by atoms with Crippen LogP contribution in [0.2, 0.25) is 0 Å². The van der Waals surface area contributed by atoms with Gasteiger partial charge in [0.05, 0.1) is 19.3 Å². The molecule has 2 atom stereocenters. The molecule has 2 unspecified atom stereocenters. The second-order valence-electron chi connectivity index (χ2n) is 7.55. The number of hydrogen-bond donors (Lipinski definition) is 0. The summed E-state index contributed by atoms with van der Waals surface area (Å²) in [4.78, 5) is 0. The van der Waals surface area contributed by atoms with Crippen molar-refractivity contribution < 1.29 is 23.0 Å². The average Bonchev–Trinajstić information content (AvgIpc) is 2.99. The van der Waals surface area contributed by atoms with Crippen LogP contribution in [0, 0.1) is 29.4 Å². The lowest BCUT2D eigenvalue weighted by molar-refractivity contribution is -0.241. The first-order valence-electron chi connectivity index (χ1n) is 8.91. The fraction of sp³-hybridized carbons (Fsp3) is 0.684. The van der Waals surface area contributed by atoms with Crippen molar-refractivity contribution in [2.45, 2.75) is 45.0 Å². The molecule has 0 N–H and O–H groups in total. The minimum atomic E-state index is -0.774. The molecule has 1 aromatic carbocycles. The average molecular weight is 338 g/mol. The standard InChI is InChI=1S/C19H24F2O3/c1-11-2-3-18(22-8-11)15-9-23-19(24-10-15)14-4-12-6-16(20)17(21)7-13(12)5-14/h6-7,11,14-15,18-19H,2-5,8-10H2,1H3. The second kappa shape index (κ2) is 6.70. The van der Waals surface area contributed by atoms with E-state index in [9.17, 15) is 8.78 Å². The highest BCUT2D eigenvalue weighted by Gasteiger charge is 2.37. The van der Waals surface area contributed by atoms with Gasteiger partial charge >= 0.3 is 0 Å². The highest BCUT2D eigenvalue weighted by Crippen LogP contribution is 2.35. The Bertz CT molecular complexity index is 560. The quantitative estimate of drug-likeness (QED) is 0.826. The monoisotopic (exact) mass is 338 g/mol. The summed E-state index contributed by atoms with van der Waals surface area (Å²) >= 11 is 0. The molecule has 0 aromatic heterocycles. The van der Waals surface area contributed by atoms with Crippen molar-refractivity contribution in [3.63, 3.8) is 0 Å². The van der Waals surface area contributed by atoms with Crippen LogP contribution in [0.1, 0.15) is 30.9 Å². The van der Waals surface area contributed by atoms with Crippen LogP contribution in [0.4, 0.5) is 8.78 Å². The fourth-order valence-corrected chi connectivity index (χ4v) is 4.13. The van der Waals surface area contributed by atoms with E-state index in [4.69, 9.17) is 14.2 Å². The summed E-state index contributed by atoms with van der Waals surface area (Å²) in [5.74, 6) is -0.494. The Kier molecular flexibility index (Phi) is 4.58. The van der Waals surface area contributed by atoms with E-state index in [1.165, 1.54) is 18.6 Å². The Morgan fingerprint density at radius 1 is 0.833 bits per heavy atom. The van der Waals surface area contributed by atoms with Gasteiger partial charge in [0.15, 0.2) is 17.9 Å². The van der Waals surface area contributed by atoms with Crippen molar-refractivity contribution in [1.82, 2.24) is 0 Å². The zero-order chi connectivity index (χ0) is 16.7. The van der Waals surface area contributed by atoms with E-state index in [2.05, 4.69) is 6.92 Å². The molecular weight excluding hydrogens is 314 g/mol. The molecule has 0 bridgehead atoms. The number of ether oxygens (including phenoxy) is 3. The molecule has 1 aliphatic carbocycles. The summed E-state index contributed by atoms with van der Waals surface area (Å²) in [5, 5.41) is 0. The molecule has 4 rings (SSSR count). The summed E-state index contributed by atoms with van der Waals surface area (Å²) in [5.41, 5.74) is 1.75. The third-order valence-corrected chi connectivity index (χ3v) is 5.61. The Morgan fingerprint density at radius 2 is 1.46 bits per heavy atom. The van der Waals surface area contributed by atoms with Crippen LogP contribution in [0.15, 0.2) is 12.1 Å². The van der Waals surface area contributed by atoms with Gasteiger partial charge in [0.1, 0.15) is 0 Å². The lowest BCUT2D eigenvalue weighted by Gasteiger charge is -2.38. The van der Waals surface area contributed by atoms with Gasteiger partial charge in [-0.15, -0.1) is 0 Å². The molecule has 132 valence electrons. The van der Waals surface area contributed by atoms with Crippen LogP contribution in [0.5, 0.6) is 0 Å². The van der Waals surface area contributed by atoms with E-state index in [1.54, 1.807) is 0 Å². The Hall–Kier alpha value is -1.04. The van der Waals surface area contributed by atoms with E-state index < -0.39 is 11.6 Å². The zero-order valence-corrected chi connectivity index (χ0v) is 14.0. The predicted octanol–water partition coefficient (Wildman–Crippen LogP) is 3.48. The van der Waals surface area contributed by atoms with Crippen LogP contribution in [-0.4, -0.2) is 32.2 Å². The van der Waals surface area contributed by atoms with E-state index in [0.29, 0.717) is 32.0 Å². The van der Waals surface area contributed by atoms with Gasteiger partial charge in [-0.2, -0.15) is 0 Å². The molecule has 0 saturated carbocycles. The van der Waals surface area contributed by atoms with E-state index in [-0.39, 0.29) is 24.2 Å². The smallest absolute Gasteiger partial charge is 0.161 e. The molecule has 24 heavy (non-hydrogen) atoms. The summed E-state index contributed by atoms with van der Waals surface area (Å²) in [7, 11) is 0. The third-order valence-electron chi connectivity index (χ3n) is 5.61. The summed E-state index contributed by atoms with van der Waals surface area (Å²) < 4.78 is 44.6. The summed E-state index contributed by atoms with van der Waals surface area (Å²) in [6.45, 7) is 4.31. The van der Waals surface area contributed by atoms with Gasteiger partial charge < -0.3 is 14.2 Å². The molecular formula is C19H24F2O3. The Morgan fingerprint density at radius 3 is 2.00 bits per heavy atom. The van der Waals surface area contributed by atoms with Gasteiger partial charge in [0.2, 0.25) is 0 Å². The van der Waals surface area contributed by atoms with Crippen molar-refractivity contribution in [1.29, 1.82) is 0 Å². The van der Waals surface area contributed by atoms with Gasteiger partial charge in [0, 0.05) is 18.4 Å². The lowest BCUT2D eigenvalue weighted by Crippen LogP contribution is -2.44. The molecule has 1 aromatic rings. The van der Waals surface area contributed by atoms with Gasteiger partial charge in [-0.25, -0.2) is 8.78 Å². The Labute approximate surface area is 141 Å². The number of hydrogen-bond acceptors (Lipinski definition) is 3. The van der Waals surface area contributed by atoms with E-state index in [1.807, 2.05) is 0 Å². The van der Waals surface area contributed by atoms with Crippen molar-refractivity contribution in [3.05, 3.63) is 34.9 Å². The van der Waals surface area contributed by atoms with Crippen molar-refractivity contribution in [3.8, 4) is 0 Å². The molecule has 2 heterocycles. The number of fused-ring (bicyclic) bond motifs is 1. The van der Waals surface area contributed by atoms with E-state index >= 15 is 0 Å². The highest BCUT2D eigenvalue weighted by molar-refractivity contribution is 5.33. The zero-order valence-electron chi connectivity index (χ0n) is 14.0. The molecule has 0 amide bonds. The van der Waals surface area contributed by atoms with Gasteiger partial charge in [-0.3, -0.25) is 0 Å². The first kappa shape index (κ1) is 16.4. The number of halogens is 2. The molecule has 5 heteroatoms. The largest absolute Gasteiger partial charge is 0.377 e. The van der Waals surface area contributed by atoms with Crippen LogP contribution in [-0.2, 0) is 27.1 Å². The van der Waals surface area contributed by atoms with E-state index in [0.717, 1.165) is 24.2 Å². The van der Waals surface area contributed by atoms with Crippen LogP contribution < -0.4 is 0 Å². The maximum atomic E-state index is 13.4. The normalized spacial score (nSPS) is 34.3. The lowest BCUT2D eigenvalue weighted by atomic mass is 9.92. The van der Waals surface area contributed by atoms with Crippen molar-refractivity contribution >= 4 is 0 Å². The fourth-order valence-electron chi connectivity index (χ4n) is 4.13. The molecule has 2 fully saturated rings. The predicted molar refractivity (Wildman–Crippen MR) is 84.6 cm³/mol. The molecule has 2 aliphatic heterocycles. The second-order valence-corrected chi connectivity index (χ2v) is 7.55. The third kappa shape index (κ3) is 3.22. The van der Waals surface area contributed by atoms with Gasteiger partial charge in [-0.1, -0.05) is 6.92 Å². The minimum Gasteiger partial charge on any atom is -0.377 e. The highest BCUT2D eigenvalue weighted by atomic mass is 19.2. The van der Waals surface area contributed by atoms with Crippen LogP contribution in [0.25, 0.3) is 0 Å². The first-order valence-corrected chi connectivity index (χ1v) is 8.91. The first-order chi connectivity index (χ1) is 11.6. The topological polar surface area (TPSA) is 27.7 Å².